The highest BCUT2D eigenvalue weighted by Crippen LogP contribution is 2.27. The van der Waals surface area contributed by atoms with Crippen LogP contribution < -0.4 is 0 Å². The molecular formula is C16H12N2O4S2. The minimum Gasteiger partial charge on any atom is -0.455 e. The van der Waals surface area contributed by atoms with Crippen molar-refractivity contribution < 1.29 is 14.5 Å². The van der Waals surface area contributed by atoms with Crippen LogP contribution in [0.15, 0.2) is 40.4 Å². The van der Waals surface area contributed by atoms with Crippen molar-refractivity contribution in [3.63, 3.8) is 0 Å². The number of carbonyl (C=O) groups excluding carboxylic acids is 1. The summed E-state index contributed by atoms with van der Waals surface area (Å²) in [4.78, 5) is 27.2. The maximum atomic E-state index is 12.2. The summed E-state index contributed by atoms with van der Waals surface area (Å²) >= 11 is 3.04. The fourth-order valence-corrected chi connectivity index (χ4v) is 3.69. The number of benzene rings is 1. The second kappa shape index (κ2) is 6.90. The largest absolute Gasteiger partial charge is 0.455 e. The van der Waals surface area contributed by atoms with Crippen LogP contribution in [0.2, 0.25) is 0 Å². The van der Waals surface area contributed by atoms with Gasteiger partial charge in [0, 0.05) is 21.9 Å². The number of hydrogen-bond donors (Lipinski definition) is 0. The molecule has 0 spiro atoms. The number of nitrogens with zero attached hydrogens (tertiary/aromatic N) is 2. The van der Waals surface area contributed by atoms with E-state index in [9.17, 15) is 14.9 Å². The van der Waals surface area contributed by atoms with E-state index in [0.29, 0.717) is 11.3 Å². The van der Waals surface area contributed by atoms with Crippen molar-refractivity contribution in [1.82, 2.24) is 4.98 Å². The van der Waals surface area contributed by atoms with Crippen molar-refractivity contribution in [2.75, 3.05) is 0 Å². The highest BCUT2D eigenvalue weighted by Gasteiger charge is 2.23. The molecule has 6 nitrogen and oxygen atoms in total. The second-order valence-electron chi connectivity index (χ2n) is 4.96. The number of esters is 1. The van der Waals surface area contributed by atoms with E-state index >= 15 is 0 Å². The predicted octanol–water partition coefficient (Wildman–Crippen LogP) is 4.45. The molecule has 3 aromatic rings. The molecule has 8 heteroatoms. The Balaban J connectivity index is 1.73. The van der Waals surface area contributed by atoms with Gasteiger partial charge in [0.05, 0.1) is 10.6 Å². The van der Waals surface area contributed by atoms with Gasteiger partial charge in [0.1, 0.15) is 17.2 Å². The van der Waals surface area contributed by atoms with Gasteiger partial charge in [-0.1, -0.05) is 12.1 Å². The third-order valence-corrected chi connectivity index (χ3v) is 4.93. The van der Waals surface area contributed by atoms with Gasteiger partial charge in [-0.3, -0.25) is 10.1 Å². The van der Waals surface area contributed by atoms with Gasteiger partial charge in [-0.05, 0) is 24.4 Å². The summed E-state index contributed by atoms with van der Waals surface area (Å²) in [6, 6.07) is 6.54. The molecule has 3 rings (SSSR count). The maximum absolute atomic E-state index is 12.2. The molecule has 2 heterocycles. The van der Waals surface area contributed by atoms with Crippen molar-refractivity contribution in [3.05, 3.63) is 67.3 Å². The predicted molar refractivity (Wildman–Crippen MR) is 92.4 cm³/mol. The molecule has 24 heavy (non-hydrogen) atoms. The lowest BCUT2D eigenvalue weighted by atomic mass is 10.1. The van der Waals surface area contributed by atoms with Crippen LogP contribution in [0.25, 0.3) is 10.6 Å². The van der Waals surface area contributed by atoms with Crippen molar-refractivity contribution in [1.29, 1.82) is 0 Å². The van der Waals surface area contributed by atoms with Crippen LogP contribution in [-0.2, 0) is 11.3 Å². The van der Waals surface area contributed by atoms with E-state index in [1.54, 1.807) is 30.4 Å². The van der Waals surface area contributed by atoms with E-state index < -0.39 is 10.9 Å². The molecule has 0 amide bonds. The Morgan fingerprint density at radius 2 is 2.17 bits per heavy atom. The quantitative estimate of drug-likeness (QED) is 0.381. The Hall–Kier alpha value is -2.58. The van der Waals surface area contributed by atoms with E-state index in [-0.39, 0.29) is 17.9 Å². The first-order valence-corrected chi connectivity index (χ1v) is 8.76. The first-order valence-electron chi connectivity index (χ1n) is 6.94. The van der Waals surface area contributed by atoms with Gasteiger partial charge in [0.25, 0.3) is 5.69 Å². The van der Waals surface area contributed by atoms with Gasteiger partial charge < -0.3 is 4.74 Å². The number of nitro groups is 1. The van der Waals surface area contributed by atoms with Gasteiger partial charge in [-0.15, -0.1) is 11.3 Å². The summed E-state index contributed by atoms with van der Waals surface area (Å²) in [5.41, 5.74) is 1.79. The fourth-order valence-electron chi connectivity index (χ4n) is 2.18. The molecule has 0 N–H and O–H groups in total. The number of thiophene rings is 1. The first kappa shape index (κ1) is 16.3. The van der Waals surface area contributed by atoms with Gasteiger partial charge >= 0.3 is 5.97 Å². The number of hydrogen-bond acceptors (Lipinski definition) is 7. The third-order valence-electron chi connectivity index (χ3n) is 3.31. The number of thiazole rings is 1. The van der Waals surface area contributed by atoms with Crippen molar-refractivity contribution in [2.24, 2.45) is 0 Å². The Bertz CT molecular complexity index is 887. The van der Waals surface area contributed by atoms with Crippen LogP contribution in [0, 0.1) is 17.0 Å². The Labute approximate surface area is 145 Å². The zero-order valence-corrected chi connectivity index (χ0v) is 14.2. The van der Waals surface area contributed by atoms with Crippen molar-refractivity contribution in [2.45, 2.75) is 13.5 Å². The number of aryl methyl sites for hydroxylation is 1. The summed E-state index contributed by atoms with van der Waals surface area (Å²) < 4.78 is 5.19. The molecule has 0 saturated carbocycles. The molecule has 0 unspecified atom stereocenters. The lowest BCUT2D eigenvalue weighted by molar-refractivity contribution is -0.385. The third kappa shape index (κ3) is 3.34. The van der Waals surface area contributed by atoms with Crippen molar-refractivity contribution >= 4 is 34.3 Å². The SMILES string of the molecule is Cc1cccc(C(=O)OCc2csc(-c3ccsc3)n2)c1[N+](=O)[O-]. The van der Waals surface area contributed by atoms with Crippen LogP contribution in [-0.4, -0.2) is 15.9 Å². The van der Waals surface area contributed by atoms with Gasteiger partial charge in [-0.2, -0.15) is 11.3 Å². The van der Waals surface area contributed by atoms with E-state index in [1.165, 1.54) is 17.4 Å². The van der Waals surface area contributed by atoms with Gasteiger partial charge in [0.15, 0.2) is 0 Å². The van der Waals surface area contributed by atoms with E-state index in [1.807, 2.05) is 22.2 Å². The van der Waals surface area contributed by atoms with E-state index in [2.05, 4.69) is 4.98 Å². The van der Waals surface area contributed by atoms with Crippen LogP contribution in [0.5, 0.6) is 0 Å². The maximum Gasteiger partial charge on any atom is 0.345 e. The number of nitro benzene ring substituents is 1. The molecule has 122 valence electrons. The minimum atomic E-state index is -0.726. The number of aromatic nitrogens is 1. The molecule has 0 fully saturated rings. The average Bonchev–Trinajstić information content (AvgIpc) is 3.23. The molecular weight excluding hydrogens is 348 g/mol. The molecule has 0 atom stereocenters. The number of ether oxygens (including phenoxy) is 1. The zero-order chi connectivity index (χ0) is 17.1. The number of rotatable bonds is 5. The second-order valence-corrected chi connectivity index (χ2v) is 6.60. The Morgan fingerprint density at radius 1 is 1.33 bits per heavy atom. The Kier molecular flexibility index (Phi) is 4.68. The normalized spacial score (nSPS) is 10.5. The van der Waals surface area contributed by atoms with Crippen LogP contribution >= 0.6 is 22.7 Å². The van der Waals surface area contributed by atoms with Crippen molar-refractivity contribution in [3.8, 4) is 10.6 Å². The summed E-state index contributed by atoms with van der Waals surface area (Å²) in [6.45, 7) is 1.56. The standard InChI is InChI=1S/C16H12N2O4S2/c1-10-3-2-4-13(14(10)18(20)21)16(19)22-7-12-9-24-15(17-12)11-5-6-23-8-11/h2-6,8-9H,7H2,1H3. The fraction of sp³-hybridized carbons (Fsp3) is 0.125. The summed E-state index contributed by atoms with van der Waals surface area (Å²) in [7, 11) is 0. The van der Waals surface area contributed by atoms with Gasteiger partial charge in [-0.25, -0.2) is 9.78 Å². The Morgan fingerprint density at radius 3 is 2.88 bits per heavy atom. The summed E-state index contributed by atoms with van der Waals surface area (Å²) in [5, 5.41) is 17.8. The molecule has 0 aliphatic carbocycles. The molecule has 0 saturated heterocycles. The molecule has 0 bridgehead atoms. The zero-order valence-electron chi connectivity index (χ0n) is 12.6. The van der Waals surface area contributed by atoms with E-state index in [4.69, 9.17) is 4.74 Å². The highest BCUT2D eigenvalue weighted by atomic mass is 32.1. The lowest BCUT2D eigenvalue weighted by Crippen LogP contribution is -2.09. The summed E-state index contributed by atoms with van der Waals surface area (Å²) in [6.07, 6.45) is 0. The smallest absolute Gasteiger partial charge is 0.345 e. The first-order chi connectivity index (χ1) is 11.6. The van der Waals surface area contributed by atoms with Crippen LogP contribution in [0.3, 0.4) is 0 Å². The number of para-hydroxylation sites is 1. The summed E-state index contributed by atoms with van der Waals surface area (Å²) in [5.74, 6) is -0.726. The highest BCUT2D eigenvalue weighted by molar-refractivity contribution is 7.14. The van der Waals surface area contributed by atoms with Crippen LogP contribution in [0.1, 0.15) is 21.6 Å². The monoisotopic (exact) mass is 360 g/mol. The molecule has 0 radical (unpaired) electrons. The average molecular weight is 360 g/mol. The molecule has 0 aliphatic rings. The number of carbonyl (C=O) groups is 1. The molecule has 0 aliphatic heterocycles. The topological polar surface area (TPSA) is 82.3 Å². The lowest BCUT2D eigenvalue weighted by Gasteiger charge is -2.05. The van der Waals surface area contributed by atoms with Gasteiger partial charge in [0.2, 0.25) is 0 Å². The minimum absolute atomic E-state index is 0.0232. The molecule has 2 aromatic heterocycles. The van der Waals surface area contributed by atoms with E-state index in [0.717, 1.165) is 10.6 Å². The molecule has 1 aromatic carbocycles. The van der Waals surface area contributed by atoms with Crippen LogP contribution in [0.4, 0.5) is 5.69 Å².